The van der Waals surface area contributed by atoms with E-state index in [0.29, 0.717) is 17.5 Å². The summed E-state index contributed by atoms with van der Waals surface area (Å²) in [6.45, 7) is 1.95. The van der Waals surface area contributed by atoms with Crippen LogP contribution in [0.1, 0.15) is 16.8 Å². The van der Waals surface area contributed by atoms with Crippen LogP contribution in [0.5, 0.6) is 0 Å². The number of hydrogen-bond acceptors (Lipinski definition) is 4. The third kappa shape index (κ3) is 3.23. The summed E-state index contributed by atoms with van der Waals surface area (Å²) in [5, 5.41) is 8.78. The van der Waals surface area contributed by atoms with E-state index in [9.17, 15) is 8.42 Å². The molecule has 0 spiro atoms. The maximum atomic E-state index is 12.2. The van der Waals surface area contributed by atoms with E-state index in [1.54, 1.807) is 25.5 Å². The highest BCUT2D eigenvalue weighted by atomic mass is 32.2. The second-order valence-corrected chi connectivity index (χ2v) is 6.05. The standard InChI is InChI=1S/C13H14N4O2S/c1-10-6-11(7-14)2-3-13(10)20(18,19)17-5-4-12-8-15-9-16-12/h2-3,6,8-9,17H,4-5H2,1H3,(H,15,16). The molecule has 2 N–H and O–H groups in total. The third-order valence-electron chi connectivity index (χ3n) is 2.83. The molecule has 2 aromatic rings. The summed E-state index contributed by atoms with van der Waals surface area (Å²) in [4.78, 5) is 6.97. The number of hydrogen-bond donors (Lipinski definition) is 2. The van der Waals surface area contributed by atoms with Crippen LogP contribution in [0.3, 0.4) is 0 Å². The van der Waals surface area contributed by atoms with Crippen molar-refractivity contribution in [2.75, 3.05) is 6.54 Å². The van der Waals surface area contributed by atoms with E-state index in [2.05, 4.69) is 14.7 Å². The molecule has 0 atom stereocenters. The third-order valence-corrected chi connectivity index (χ3v) is 4.46. The minimum absolute atomic E-state index is 0.195. The number of aromatic nitrogens is 2. The van der Waals surface area contributed by atoms with Gasteiger partial charge in [0.05, 0.1) is 22.9 Å². The van der Waals surface area contributed by atoms with Crippen LogP contribution < -0.4 is 4.72 Å². The van der Waals surface area contributed by atoms with Crippen LogP contribution in [0.25, 0.3) is 0 Å². The van der Waals surface area contributed by atoms with Crippen molar-refractivity contribution < 1.29 is 8.42 Å². The van der Waals surface area contributed by atoms with Crippen molar-refractivity contribution in [2.24, 2.45) is 0 Å². The summed E-state index contributed by atoms with van der Waals surface area (Å²) in [6, 6.07) is 6.49. The van der Waals surface area contributed by atoms with E-state index < -0.39 is 10.0 Å². The van der Waals surface area contributed by atoms with Crippen LogP contribution in [0, 0.1) is 18.3 Å². The molecule has 0 aliphatic rings. The van der Waals surface area contributed by atoms with Gasteiger partial charge in [0, 0.05) is 24.9 Å². The number of nitriles is 1. The molecule has 7 heteroatoms. The van der Waals surface area contributed by atoms with E-state index in [0.717, 1.165) is 5.69 Å². The minimum atomic E-state index is -3.56. The molecule has 20 heavy (non-hydrogen) atoms. The molecule has 0 amide bonds. The van der Waals surface area contributed by atoms with Crippen LogP contribution in [-0.4, -0.2) is 24.9 Å². The average Bonchev–Trinajstić information content (AvgIpc) is 2.91. The van der Waals surface area contributed by atoms with Gasteiger partial charge < -0.3 is 4.98 Å². The molecule has 1 aromatic carbocycles. The lowest BCUT2D eigenvalue weighted by Gasteiger charge is -2.09. The fourth-order valence-corrected chi connectivity index (χ4v) is 3.10. The molecule has 1 aromatic heterocycles. The van der Waals surface area contributed by atoms with Gasteiger partial charge in [0.15, 0.2) is 0 Å². The van der Waals surface area contributed by atoms with Gasteiger partial charge in [0.2, 0.25) is 10.0 Å². The summed E-state index contributed by atoms with van der Waals surface area (Å²) < 4.78 is 26.9. The Morgan fingerprint density at radius 2 is 2.25 bits per heavy atom. The van der Waals surface area contributed by atoms with Gasteiger partial charge in [-0.3, -0.25) is 0 Å². The average molecular weight is 290 g/mol. The van der Waals surface area contributed by atoms with E-state index in [4.69, 9.17) is 5.26 Å². The van der Waals surface area contributed by atoms with Gasteiger partial charge in [-0.15, -0.1) is 0 Å². The predicted octanol–water partition coefficient (Wildman–Crippen LogP) is 1.11. The maximum absolute atomic E-state index is 12.2. The number of benzene rings is 1. The Balaban J connectivity index is 2.08. The molecule has 0 fully saturated rings. The fourth-order valence-electron chi connectivity index (χ4n) is 1.84. The van der Waals surface area contributed by atoms with Gasteiger partial charge in [-0.05, 0) is 30.7 Å². The molecule has 0 unspecified atom stereocenters. The predicted molar refractivity (Wildman–Crippen MR) is 73.4 cm³/mol. The zero-order valence-corrected chi connectivity index (χ0v) is 11.7. The molecule has 0 radical (unpaired) electrons. The van der Waals surface area contributed by atoms with Gasteiger partial charge in [0.1, 0.15) is 0 Å². The Morgan fingerprint density at radius 1 is 1.45 bits per heavy atom. The van der Waals surface area contributed by atoms with Crippen molar-refractivity contribution >= 4 is 10.0 Å². The lowest BCUT2D eigenvalue weighted by Crippen LogP contribution is -2.26. The Kier molecular flexibility index (Phi) is 4.17. The van der Waals surface area contributed by atoms with Gasteiger partial charge in [-0.2, -0.15) is 5.26 Å². The van der Waals surface area contributed by atoms with Crippen molar-refractivity contribution in [1.29, 1.82) is 5.26 Å². The van der Waals surface area contributed by atoms with E-state index in [-0.39, 0.29) is 11.4 Å². The molecule has 104 valence electrons. The Labute approximate surface area is 117 Å². The van der Waals surface area contributed by atoms with E-state index in [1.165, 1.54) is 12.1 Å². The van der Waals surface area contributed by atoms with Gasteiger partial charge in [-0.25, -0.2) is 18.1 Å². The second-order valence-electron chi connectivity index (χ2n) is 4.32. The topological polar surface area (TPSA) is 98.6 Å². The molecular weight excluding hydrogens is 276 g/mol. The largest absolute Gasteiger partial charge is 0.348 e. The van der Waals surface area contributed by atoms with Crippen molar-refractivity contribution in [2.45, 2.75) is 18.2 Å². The SMILES string of the molecule is Cc1cc(C#N)ccc1S(=O)(=O)NCCc1cnc[nH]1. The van der Waals surface area contributed by atoms with Crippen LogP contribution in [0.4, 0.5) is 0 Å². The number of nitrogens with one attached hydrogen (secondary N) is 2. The van der Waals surface area contributed by atoms with Gasteiger partial charge in [0.25, 0.3) is 0 Å². The highest BCUT2D eigenvalue weighted by molar-refractivity contribution is 7.89. The van der Waals surface area contributed by atoms with Crippen LogP contribution in [0.15, 0.2) is 35.6 Å². The maximum Gasteiger partial charge on any atom is 0.240 e. The zero-order chi connectivity index (χ0) is 14.6. The first-order valence-electron chi connectivity index (χ1n) is 6.00. The number of nitrogens with zero attached hydrogens (tertiary/aromatic N) is 2. The van der Waals surface area contributed by atoms with Crippen molar-refractivity contribution in [3.8, 4) is 6.07 Å². The minimum Gasteiger partial charge on any atom is -0.348 e. The summed E-state index contributed by atoms with van der Waals surface area (Å²) in [5.74, 6) is 0. The number of rotatable bonds is 5. The molecule has 0 bridgehead atoms. The lowest BCUT2D eigenvalue weighted by molar-refractivity contribution is 0.580. The monoisotopic (exact) mass is 290 g/mol. The molecule has 0 aliphatic carbocycles. The molecule has 2 rings (SSSR count). The first-order valence-corrected chi connectivity index (χ1v) is 7.49. The summed E-state index contributed by atoms with van der Waals surface area (Å²) in [6.07, 6.45) is 3.74. The first kappa shape index (κ1) is 14.2. The van der Waals surface area contributed by atoms with Crippen molar-refractivity contribution in [3.63, 3.8) is 0 Å². The van der Waals surface area contributed by atoms with Crippen LogP contribution in [-0.2, 0) is 16.4 Å². The summed E-state index contributed by atoms with van der Waals surface area (Å²) in [7, 11) is -3.56. The van der Waals surface area contributed by atoms with E-state index in [1.807, 2.05) is 6.07 Å². The molecule has 6 nitrogen and oxygen atoms in total. The van der Waals surface area contributed by atoms with Gasteiger partial charge >= 0.3 is 0 Å². The number of H-pyrrole nitrogens is 1. The molecular formula is C13H14N4O2S. The van der Waals surface area contributed by atoms with Crippen LogP contribution in [0.2, 0.25) is 0 Å². The van der Waals surface area contributed by atoms with E-state index >= 15 is 0 Å². The summed E-state index contributed by atoms with van der Waals surface area (Å²) in [5.41, 5.74) is 1.86. The number of aryl methyl sites for hydroxylation is 1. The first-order chi connectivity index (χ1) is 9.53. The number of aromatic amines is 1. The van der Waals surface area contributed by atoms with Crippen molar-refractivity contribution in [3.05, 3.63) is 47.5 Å². The van der Waals surface area contributed by atoms with Gasteiger partial charge in [-0.1, -0.05) is 0 Å². The summed E-state index contributed by atoms with van der Waals surface area (Å²) >= 11 is 0. The number of imidazole rings is 1. The van der Waals surface area contributed by atoms with Crippen molar-refractivity contribution in [1.82, 2.24) is 14.7 Å². The van der Waals surface area contributed by atoms with Crippen LogP contribution >= 0.6 is 0 Å². The Bertz CT molecular complexity index is 730. The lowest BCUT2D eigenvalue weighted by atomic mass is 10.2. The normalized spacial score (nSPS) is 11.2. The molecule has 0 aliphatic heterocycles. The highest BCUT2D eigenvalue weighted by Gasteiger charge is 2.16. The second kappa shape index (κ2) is 5.86. The quantitative estimate of drug-likeness (QED) is 0.861. The smallest absolute Gasteiger partial charge is 0.240 e. The molecule has 0 saturated heterocycles. The Hall–Kier alpha value is -2.17. The highest BCUT2D eigenvalue weighted by Crippen LogP contribution is 2.16. The molecule has 0 saturated carbocycles. The fraction of sp³-hybridized carbons (Fsp3) is 0.231. The number of sulfonamides is 1. The molecule has 1 heterocycles. The zero-order valence-electron chi connectivity index (χ0n) is 10.9. The Morgan fingerprint density at radius 3 is 2.85 bits per heavy atom.